The first-order valence-electron chi connectivity index (χ1n) is 8.59. The summed E-state index contributed by atoms with van der Waals surface area (Å²) in [6.07, 6.45) is 9.58. The lowest BCUT2D eigenvalue weighted by Gasteiger charge is -2.13. The minimum Gasteiger partial charge on any atom is -0.446 e. The summed E-state index contributed by atoms with van der Waals surface area (Å²) in [5.74, 6) is 0.539. The molecule has 0 aliphatic heterocycles. The maximum absolute atomic E-state index is 12.0. The van der Waals surface area contributed by atoms with Gasteiger partial charge in [0.25, 0.3) is 5.91 Å². The molecular weight excluding hydrogens is 278 g/mol. The van der Waals surface area contributed by atoms with Gasteiger partial charge in [-0.25, -0.2) is 4.98 Å². The van der Waals surface area contributed by atoms with E-state index in [1.165, 1.54) is 31.9 Å². The average Bonchev–Trinajstić information content (AvgIpc) is 3.02. The number of carbonyl (C=O) groups excluding carboxylic acids is 1. The highest BCUT2D eigenvalue weighted by Gasteiger charge is 2.20. The number of amides is 1. The Morgan fingerprint density at radius 3 is 2.64 bits per heavy atom. The zero-order valence-electron chi connectivity index (χ0n) is 14.2. The summed E-state index contributed by atoms with van der Waals surface area (Å²) < 4.78 is 5.35. The van der Waals surface area contributed by atoms with Crippen LogP contribution in [0.3, 0.4) is 0 Å². The Morgan fingerprint density at radius 1 is 1.27 bits per heavy atom. The van der Waals surface area contributed by atoms with Gasteiger partial charge in [-0.3, -0.25) is 4.79 Å². The number of aromatic nitrogens is 1. The fourth-order valence-corrected chi connectivity index (χ4v) is 2.24. The number of nitrogens with two attached hydrogens (primary N) is 1. The van der Waals surface area contributed by atoms with Gasteiger partial charge in [0.1, 0.15) is 6.26 Å². The summed E-state index contributed by atoms with van der Waals surface area (Å²) >= 11 is 0. The molecular formula is C17H31N3O2. The molecule has 0 radical (unpaired) electrons. The molecule has 2 unspecified atom stereocenters. The van der Waals surface area contributed by atoms with Crippen LogP contribution < -0.4 is 11.1 Å². The van der Waals surface area contributed by atoms with Crippen LogP contribution in [0.4, 0.5) is 0 Å². The third-order valence-corrected chi connectivity index (χ3v) is 4.11. The second kappa shape index (κ2) is 10.4. The molecule has 1 amide bonds. The van der Waals surface area contributed by atoms with E-state index in [1.54, 1.807) is 0 Å². The SMILES string of the molecule is CCCCCCCCNC(=O)c1coc(C(N)C(C)CC)n1. The van der Waals surface area contributed by atoms with E-state index in [0.717, 1.165) is 19.3 Å². The predicted molar refractivity (Wildman–Crippen MR) is 88.6 cm³/mol. The van der Waals surface area contributed by atoms with E-state index in [9.17, 15) is 4.79 Å². The molecule has 1 aromatic rings. The topological polar surface area (TPSA) is 81.2 Å². The normalized spacial score (nSPS) is 13.8. The molecule has 126 valence electrons. The van der Waals surface area contributed by atoms with Crippen molar-refractivity contribution in [1.29, 1.82) is 0 Å². The van der Waals surface area contributed by atoms with Crippen molar-refractivity contribution in [2.75, 3.05) is 6.54 Å². The highest BCUT2D eigenvalue weighted by atomic mass is 16.3. The molecule has 5 nitrogen and oxygen atoms in total. The molecule has 1 heterocycles. The molecule has 5 heteroatoms. The molecule has 0 saturated heterocycles. The smallest absolute Gasteiger partial charge is 0.273 e. The summed E-state index contributed by atoms with van der Waals surface area (Å²) in [5.41, 5.74) is 6.37. The fourth-order valence-electron chi connectivity index (χ4n) is 2.24. The van der Waals surface area contributed by atoms with Crippen LogP contribution in [0.2, 0.25) is 0 Å². The van der Waals surface area contributed by atoms with Crippen LogP contribution in [0.15, 0.2) is 10.7 Å². The number of carbonyl (C=O) groups is 1. The Morgan fingerprint density at radius 2 is 1.95 bits per heavy atom. The lowest BCUT2D eigenvalue weighted by molar-refractivity contribution is 0.0948. The van der Waals surface area contributed by atoms with Gasteiger partial charge in [0, 0.05) is 6.54 Å². The molecule has 0 bridgehead atoms. The zero-order valence-corrected chi connectivity index (χ0v) is 14.2. The highest BCUT2D eigenvalue weighted by molar-refractivity contribution is 5.91. The van der Waals surface area contributed by atoms with Crippen molar-refractivity contribution in [2.45, 2.75) is 71.8 Å². The van der Waals surface area contributed by atoms with E-state index in [0.29, 0.717) is 18.1 Å². The zero-order chi connectivity index (χ0) is 16.4. The summed E-state index contributed by atoms with van der Waals surface area (Å²) in [6.45, 7) is 7.01. The summed E-state index contributed by atoms with van der Waals surface area (Å²) in [6, 6.07) is -0.259. The Balaban J connectivity index is 2.30. The molecule has 0 aliphatic rings. The van der Waals surface area contributed by atoms with E-state index in [1.807, 2.05) is 6.92 Å². The second-order valence-electron chi connectivity index (χ2n) is 6.01. The van der Waals surface area contributed by atoms with Crippen LogP contribution in [0.1, 0.15) is 88.1 Å². The Hall–Kier alpha value is -1.36. The number of unbranched alkanes of at least 4 members (excludes halogenated alkanes) is 5. The van der Waals surface area contributed by atoms with E-state index >= 15 is 0 Å². The Labute approximate surface area is 134 Å². The quantitative estimate of drug-likeness (QED) is 0.609. The van der Waals surface area contributed by atoms with E-state index < -0.39 is 0 Å². The summed E-state index contributed by atoms with van der Waals surface area (Å²) in [5, 5.41) is 2.88. The summed E-state index contributed by atoms with van der Waals surface area (Å²) in [7, 11) is 0. The molecule has 0 aliphatic carbocycles. The fraction of sp³-hybridized carbons (Fsp3) is 0.765. The van der Waals surface area contributed by atoms with Crippen molar-refractivity contribution < 1.29 is 9.21 Å². The van der Waals surface area contributed by atoms with Gasteiger partial charge >= 0.3 is 0 Å². The first kappa shape index (κ1) is 18.7. The number of rotatable bonds is 11. The molecule has 1 aromatic heterocycles. The largest absolute Gasteiger partial charge is 0.446 e. The molecule has 2 atom stereocenters. The third-order valence-electron chi connectivity index (χ3n) is 4.11. The van der Waals surface area contributed by atoms with Crippen molar-refractivity contribution >= 4 is 5.91 Å². The minimum atomic E-state index is -0.259. The van der Waals surface area contributed by atoms with Gasteiger partial charge in [-0.1, -0.05) is 59.3 Å². The maximum atomic E-state index is 12.0. The molecule has 22 heavy (non-hydrogen) atoms. The minimum absolute atomic E-state index is 0.181. The van der Waals surface area contributed by atoms with Crippen molar-refractivity contribution in [1.82, 2.24) is 10.3 Å². The van der Waals surface area contributed by atoms with E-state index in [2.05, 4.69) is 24.1 Å². The van der Waals surface area contributed by atoms with E-state index in [4.69, 9.17) is 10.2 Å². The van der Waals surface area contributed by atoms with Gasteiger partial charge in [-0.05, 0) is 12.3 Å². The lowest BCUT2D eigenvalue weighted by atomic mass is 10.0. The molecule has 0 saturated carbocycles. The number of nitrogens with one attached hydrogen (secondary N) is 1. The average molecular weight is 309 g/mol. The van der Waals surface area contributed by atoms with Gasteiger partial charge in [-0.2, -0.15) is 0 Å². The van der Waals surface area contributed by atoms with Crippen molar-refractivity contribution in [2.24, 2.45) is 11.7 Å². The number of oxazole rings is 1. The molecule has 0 fully saturated rings. The van der Waals surface area contributed by atoms with Crippen LogP contribution >= 0.6 is 0 Å². The van der Waals surface area contributed by atoms with Gasteiger partial charge in [0.05, 0.1) is 6.04 Å². The van der Waals surface area contributed by atoms with Gasteiger partial charge < -0.3 is 15.5 Å². The van der Waals surface area contributed by atoms with Crippen molar-refractivity contribution in [3.63, 3.8) is 0 Å². The number of nitrogens with zero attached hydrogens (tertiary/aromatic N) is 1. The maximum Gasteiger partial charge on any atom is 0.273 e. The van der Waals surface area contributed by atoms with Crippen molar-refractivity contribution in [3.05, 3.63) is 17.8 Å². The van der Waals surface area contributed by atoms with Gasteiger partial charge in [0.2, 0.25) is 5.89 Å². The molecule has 0 spiro atoms. The number of hydrogen-bond donors (Lipinski definition) is 2. The predicted octanol–water partition coefficient (Wildman–Crippen LogP) is 3.81. The summed E-state index contributed by atoms with van der Waals surface area (Å²) in [4.78, 5) is 16.2. The van der Waals surface area contributed by atoms with Crippen LogP contribution in [0, 0.1) is 5.92 Å². The monoisotopic (exact) mass is 309 g/mol. The van der Waals surface area contributed by atoms with Crippen LogP contribution in [0.25, 0.3) is 0 Å². The Kier molecular flexibility index (Phi) is 8.82. The standard InChI is InChI=1S/C17H31N3O2/c1-4-6-7-8-9-10-11-19-16(21)14-12-22-17(20-14)15(18)13(3)5-2/h12-13,15H,4-11,18H2,1-3H3,(H,19,21). The van der Waals surface area contributed by atoms with Gasteiger partial charge in [-0.15, -0.1) is 0 Å². The first-order chi connectivity index (χ1) is 10.6. The van der Waals surface area contributed by atoms with Crippen molar-refractivity contribution in [3.8, 4) is 0 Å². The molecule has 1 rings (SSSR count). The van der Waals surface area contributed by atoms with Crippen LogP contribution in [-0.2, 0) is 0 Å². The molecule has 3 N–H and O–H groups in total. The van der Waals surface area contributed by atoms with Crippen LogP contribution in [-0.4, -0.2) is 17.4 Å². The third kappa shape index (κ3) is 6.18. The van der Waals surface area contributed by atoms with Gasteiger partial charge in [0.15, 0.2) is 5.69 Å². The lowest BCUT2D eigenvalue weighted by Crippen LogP contribution is -2.25. The Bertz CT molecular complexity index is 431. The van der Waals surface area contributed by atoms with Crippen LogP contribution in [0.5, 0.6) is 0 Å². The highest BCUT2D eigenvalue weighted by Crippen LogP contribution is 2.21. The van der Waals surface area contributed by atoms with E-state index in [-0.39, 0.29) is 17.9 Å². The molecule has 0 aromatic carbocycles. The first-order valence-corrected chi connectivity index (χ1v) is 8.59. The number of hydrogen-bond acceptors (Lipinski definition) is 4. The second-order valence-corrected chi connectivity index (χ2v) is 6.01.